The van der Waals surface area contributed by atoms with Crippen LogP contribution in [0.3, 0.4) is 0 Å². The highest BCUT2D eigenvalue weighted by molar-refractivity contribution is 5.66. The van der Waals surface area contributed by atoms with Crippen LogP contribution in [0, 0.1) is 6.92 Å². The Labute approximate surface area is 115 Å². The summed E-state index contributed by atoms with van der Waals surface area (Å²) in [6.07, 6.45) is 1.88. The van der Waals surface area contributed by atoms with Crippen molar-refractivity contribution in [3.05, 3.63) is 29.3 Å². The van der Waals surface area contributed by atoms with E-state index in [-0.39, 0.29) is 6.42 Å². The molecule has 0 aliphatic rings. The molecule has 1 aromatic carbocycles. The number of carboxylic acid groups (broad SMARTS) is 1. The van der Waals surface area contributed by atoms with Crippen molar-refractivity contribution in [2.45, 2.75) is 32.7 Å². The number of aliphatic carboxylic acids is 1. The van der Waals surface area contributed by atoms with Gasteiger partial charge < -0.3 is 14.7 Å². The van der Waals surface area contributed by atoms with Crippen molar-refractivity contribution >= 4 is 5.97 Å². The van der Waals surface area contributed by atoms with E-state index < -0.39 is 5.97 Å². The van der Waals surface area contributed by atoms with Crippen LogP contribution >= 0.6 is 0 Å². The van der Waals surface area contributed by atoms with Gasteiger partial charge in [0.05, 0.1) is 7.11 Å². The quantitative estimate of drug-likeness (QED) is 0.734. The molecule has 0 fully saturated rings. The van der Waals surface area contributed by atoms with Gasteiger partial charge >= 0.3 is 5.97 Å². The molecule has 19 heavy (non-hydrogen) atoms. The third-order valence-electron chi connectivity index (χ3n) is 3.06. The molecule has 0 heterocycles. The average molecular weight is 265 g/mol. The van der Waals surface area contributed by atoms with E-state index in [9.17, 15) is 4.79 Å². The number of nitrogens with zero attached hydrogens (tertiary/aromatic N) is 1. The molecule has 106 valence electrons. The van der Waals surface area contributed by atoms with Crippen LogP contribution in [-0.4, -0.2) is 36.7 Å². The molecule has 1 rings (SSSR count). The number of rotatable bonds is 8. The Morgan fingerprint density at radius 3 is 2.74 bits per heavy atom. The van der Waals surface area contributed by atoms with E-state index in [2.05, 4.69) is 17.9 Å². The van der Waals surface area contributed by atoms with Crippen LogP contribution in [0.2, 0.25) is 0 Å². The Bertz CT molecular complexity index is 418. The summed E-state index contributed by atoms with van der Waals surface area (Å²) in [6.45, 7) is 3.78. The van der Waals surface area contributed by atoms with E-state index in [1.807, 2.05) is 19.2 Å². The molecule has 1 N–H and O–H groups in total. The second kappa shape index (κ2) is 7.79. The van der Waals surface area contributed by atoms with Gasteiger partial charge in [-0.2, -0.15) is 0 Å². The van der Waals surface area contributed by atoms with Gasteiger partial charge in [-0.05, 0) is 39.4 Å². The predicted molar refractivity (Wildman–Crippen MR) is 75.6 cm³/mol. The molecule has 1 aromatic rings. The maximum Gasteiger partial charge on any atom is 0.303 e. The number of aryl methyl sites for hydroxylation is 1. The smallest absolute Gasteiger partial charge is 0.303 e. The summed E-state index contributed by atoms with van der Waals surface area (Å²) in [6, 6.07) is 6.16. The van der Waals surface area contributed by atoms with Crippen molar-refractivity contribution in [3.8, 4) is 5.75 Å². The van der Waals surface area contributed by atoms with Crippen LogP contribution in [0.4, 0.5) is 0 Å². The summed E-state index contributed by atoms with van der Waals surface area (Å²) in [5.74, 6) is 0.186. The SMILES string of the molecule is COc1ccc(C)cc1CN(C)CCCCC(=O)O. The Balaban J connectivity index is 2.45. The van der Waals surface area contributed by atoms with Gasteiger partial charge in [0.2, 0.25) is 0 Å². The lowest BCUT2D eigenvalue weighted by molar-refractivity contribution is -0.137. The lowest BCUT2D eigenvalue weighted by atomic mass is 10.1. The highest BCUT2D eigenvalue weighted by atomic mass is 16.5. The van der Waals surface area contributed by atoms with Crippen LogP contribution in [0.15, 0.2) is 18.2 Å². The van der Waals surface area contributed by atoms with Crippen LogP contribution in [0.5, 0.6) is 5.75 Å². The normalized spacial score (nSPS) is 10.7. The number of hydrogen-bond donors (Lipinski definition) is 1. The fourth-order valence-electron chi connectivity index (χ4n) is 2.06. The zero-order valence-corrected chi connectivity index (χ0v) is 12.0. The number of carboxylic acids is 1. The molecule has 0 amide bonds. The maximum atomic E-state index is 10.4. The minimum atomic E-state index is -0.719. The number of methoxy groups -OCH3 is 1. The Kier molecular flexibility index (Phi) is 6.36. The number of unbranched alkanes of at least 4 members (excludes halogenated alkanes) is 1. The monoisotopic (exact) mass is 265 g/mol. The van der Waals surface area contributed by atoms with Gasteiger partial charge in [0.15, 0.2) is 0 Å². The minimum absolute atomic E-state index is 0.252. The van der Waals surface area contributed by atoms with Gasteiger partial charge in [0, 0.05) is 18.5 Å². The van der Waals surface area contributed by atoms with Gasteiger partial charge in [0.25, 0.3) is 0 Å². The summed E-state index contributed by atoms with van der Waals surface area (Å²) >= 11 is 0. The summed E-state index contributed by atoms with van der Waals surface area (Å²) in [5.41, 5.74) is 2.39. The molecule has 0 unspecified atom stereocenters. The van der Waals surface area contributed by atoms with Crippen LogP contribution in [0.1, 0.15) is 30.4 Å². The van der Waals surface area contributed by atoms with Crippen molar-refractivity contribution in [1.29, 1.82) is 0 Å². The molecule has 4 heteroatoms. The zero-order valence-electron chi connectivity index (χ0n) is 12.0. The summed E-state index contributed by atoms with van der Waals surface area (Å²) in [5, 5.41) is 8.58. The first-order valence-electron chi connectivity index (χ1n) is 6.56. The van der Waals surface area contributed by atoms with Crippen molar-refractivity contribution < 1.29 is 14.6 Å². The van der Waals surface area contributed by atoms with Gasteiger partial charge in [-0.3, -0.25) is 4.79 Å². The second-order valence-electron chi connectivity index (χ2n) is 4.90. The van der Waals surface area contributed by atoms with Crippen molar-refractivity contribution in [2.75, 3.05) is 20.7 Å². The van der Waals surface area contributed by atoms with Crippen LogP contribution in [0.25, 0.3) is 0 Å². The zero-order chi connectivity index (χ0) is 14.3. The van der Waals surface area contributed by atoms with E-state index in [1.165, 1.54) is 11.1 Å². The first-order chi connectivity index (χ1) is 9.02. The first kappa shape index (κ1) is 15.5. The van der Waals surface area contributed by atoms with E-state index in [4.69, 9.17) is 9.84 Å². The van der Waals surface area contributed by atoms with Crippen LogP contribution in [-0.2, 0) is 11.3 Å². The van der Waals surface area contributed by atoms with E-state index in [0.717, 1.165) is 31.7 Å². The lowest BCUT2D eigenvalue weighted by Crippen LogP contribution is -2.19. The molecule has 0 saturated heterocycles. The molecule has 0 atom stereocenters. The summed E-state index contributed by atoms with van der Waals surface area (Å²) in [4.78, 5) is 12.6. The summed E-state index contributed by atoms with van der Waals surface area (Å²) < 4.78 is 5.35. The van der Waals surface area contributed by atoms with Crippen molar-refractivity contribution in [2.24, 2.45) is 0 Å². The number of hydrogen-bond acceptors (Lipinski definition) is 3. The van der Waals surface area contributed by atoms with E-state index >= 15 is 0 Å². The van der Waals surface area contributed by atoms with Gasteiger partial charge in [0.1, 0.15) is 5.75 Å². The molecule has 0 saturated carbocycles. The van der Waals surface area contributed by atoms with Crippen molar-refractivity contribution in [1.82, 2.24) is 4.90 Å². The third kappa shape index (κ3) is 5.75. The van der Waals surface area contributed by atoms with Crippen LogP contribution < -0.4 is 4.74 Å². The average Bonchev–Trinajstić information content (AvgIpc) is 2.35. The molecular formula is C15H23NO3. The second-order valence-corrected chi connectivity index (χ2v) is 4.90. The lowest BCUT2D eigenvalue weighted by Gasteiger charge is -2.18. The molecule has 4 nitrogen and oxygen atoms in total. The summed E-state index contributed by atoms with van der Waals surface area (Å²) in [7, 11) is 3.73. The van der Waals surface area contributed by atoms with E-state index in [1.54, 1.807) is 7.11 Å². The Morgan fingerprint density at radius 2 is 2.11 bits per heavy atom. The highest BCUT2D eigenvalue weighted by Crippen LogP contribution is 2.21. The first-order valence-corrected chi connectivity index (χ1v) is 6.56. The molecule has 0 spiro atoms. The third-order valence-corrected chi connectivity index (χ3v) is 3.06. The fraction of sp³-hybridized carbons (Fsp3) is 0.533. The topological polar surface area (TPSA) is 49.8 Å². The molecule has 0 aliphatic heterocycles. The number of ether oxygens (including phenoxy) is 1. The maximum absolute atomic E-state index is 10.4. The number of carbonyl (C=O) groups is 1. The standard InChI is InChI=1S/C15H23NO3/c1-12-7-8-14(19-3)13(10-12)11-16(2)9-5-4-6-15(17)18/h7-8,10H,4-6,9,11H2,1-3H3,(H,17,18). The molecule has 0 bridgehead atoms. The largest absolute Gasteiger partial charge is 0.496 e. The molecule has 0 aromatic heterocycles. The fourth-order valence-corrected chi connectivity index (χ4v) is 2.06. The van der Waals surface area contributed by atoms with E-state index in [0.29, 0.717) is 0 Å². The predicted octanol–water partition coefficient (Wildman–Crippen LogP) is 2.69. The molecular weight excluding hydrogens is 242 g/mol. The van der Waals surface area contributed by atoms with Crippen molar-refractivity contribution in [3.63, 3.8) is 0 Å². The highest BCUT2D eigenvalue weighted by Gasteiger charge is 2.07. The number of benzene rings is 1. The Hall–Kier alpha value is -1.55. The minimum Gasteiger partial charge on any atom is -0.496 e. The van der Waals surface area contributed by atoms with Gasteiger partial charge in [-0.1, -0.05) is 17.7 Å². The molecule has 0 aliphatic carbocycles. The molecule has 0 radical (unpaired) electrons. The van der Waals surface area contributed by atoms with Gasteiger partial charge in [-0.15, -0.1) is 0 Å². The Morgan fingerprint density at radius 1 is 1.37 bits per heavy atom. The van der Waals surface area contributed by atoms with Gasteiger partial charge in [-0.25, -0.2) is 0 Å².